The summed E-state index contributed by atoms with van der Waals surface area (Å²) in [6, 6.07) is 14.3. The number of methoxy groups -OCH3 is 1. The predicted molar refractivity (Wildman–Crippen MR) is 153 cm³/mol. The Hall–Kier alpha value is -3.12. The second-order valence-electron chi connectivity index (χ2n) is 10.4. The molecule has 0 spiro atoms. The van der Waals surface area contributed by atoms with Crippen molar-refractivity contribution >= 4 is 17.4 Å². The first-order valence-corrected chi connectivity index (χ1v) is 14.1. The molecule has 0 aliphatic carbocycles. The molecule has 1 N–H and O–H groups in total. The van der Waals surface area contributed by atoms with Gasteiger partial charge in [-0.05, 0) is 80.2 Å². The molecule has 1 saturated heterocycles. The van der Waals surface area contributed by atoms with Crippen LogP contribution in [0.1, 0.15) is 88.4 Å². The molecule has 1 amide bonds. The fourth-order valence-electron chi connectivity index (χ4n) is 4.99. The number of likely N-dealkylation sites (tertiary alicyclic amines) is 1. The van der Waals surface area contributed by atoms with Crippen LogP contribution in [0.4, 0.5) is 0 Å². The molecule has 0 aromatic heterocycles. The van der Waals surface area contributed by atoms with Crippen molar-refractivity contribution in [3.05, 3.63) is 70.8 Å². The highest BCUT2D eigenvalue weighted by Crippen LogP contribution is 2.40. The highest BCUT2D eigenvalue weighted by Gasteiger charge is 2.45. The van der Waals surface area contributed by atoms with Crippen LogP contribution < -0.4 is 4.74 Å². The lowest BCUT2D eigenvalue weighted by Gasteiger charge is -2.27. The standard InChI is InChI=1S/C32H44N2O4/c1-6-8-19-33(20-9-7-2)21-10-22-34-29(25-13-11-24(12-14-25)23(3)4)28(31(36)32(34)37)30(35)26-15-17-27(38-5)18-16-26/h11-18,23,29,35H,6-10,19-22H2,1-5H3/t29-/m0/s1. The third-order valence-corrected chi connectivity index (χ3v) is 7.35. The van der Waals surface area contributed by atoms with E-state index in [1.54, 1.807) is 36.3 Å². The van der Waals surface area contributed by atoms with E-state index in [1.807, 2.05) is 24.3 Å². The van der Waals surface area contributed by atoms with E-state index in [-0.39, 0.29) is 11.3 Å². The number of carbonyl (C=O) groups is 2. The Morgan fingerprint density at radius 3 is 2.03 bits per heavy atom. The number of rotatable bonds is 14. The van der Waals surface area contributed by atoms with Gasteiger partial charge in [-0.3, -0.25) is 9.59 Å². The quantitative estimate of drug-likeness (QED) is 0.174. The van der Waals surface area contributed by atoms with Crippen LogP contribution in [0, 0.1) is 0 Å². The van der Waals surface area contributed by atoms with Gasteiger partial charge in [-0.25, -0.2) is 0 Å². The van der Waals surface area contributed by atoms with Gasteiger partial charge in [0.2, 0.25) is 0 Å². The molecule has 6 heteroatoms. The second-order valence-corrected chi connectivity index (χ2v) is 10.4. The van der Waals surface area contributed by atoms with E-state index in [2.05, 4.69) is 32.6 Å². The van der Waals surface area contributed by atoms with Crippen molar-refractivity contribution in [3.8, 4) is 5.75 Å². The molecule has 3 rings (SSSR count). The minimum atomic E-state index is -0.634. The Balaban J connectivity index is 1.94. The van der Waals surface area contributed by atoms with Gasteiger partial charge in [0.15, 0.2) is 0 Å². The molecular formula is C32H44N2O4. The molecule has 0 bridgehead atoms. The summed E-state index contributed by atoms with van der Waals surface area (Å²) in [6.45, 7) is 12.1. The minimum absolute atomic E-state index is 0.145. The number of unbranched alkanes of at least 4 members (excludes halogenated alkanes) is 2. The Morgan fingerprint density at radius 1 is 0.921 bits per heavy atom. The lowest BCUT2D eigenvalue weighted by molar-refractivity contribution is -0.140. The van der Waals surface area contributed by atoms with Gasteiger partial charge in [0.1, 0.15) is 11.5 Å². The summed E-state index contributed by atoms with van der Waals surface area (Å²) in [7, 11) is 1.58. The zero-order valence-electron chi connectivity index (χ0n) is 23.7. The highest BCUT2D eigenvalue weighted by molar-refractivity contribution is 6.46. The molecule has 38 heavy (non-hydrogen) atoms. The van der Waals surface area contributed by atoms with Crippen LogP contribution in [0.25, 0.3) is 5.76 Å². The van der Waals surface area contributed by atoms with Crippen LogP contribution in [0.3, 0.4) is 0 Å². The van der Waals surface area contributed by atoms with Crippen molar-refractivity contribution in [3.63, 3.8) is 0 Å². The number of ketones is 1. The second kappa shape index (κ2) is 14.1. The molecule has 1 fully saturated rings. The van der Waals surface area contributed by atoms with Gasteiger partial charge in [-0.1, -0.05) is 64.8 Å². The Kier molecular flexibility index (Phi) is 11.0. The van der Waals surface area contributed by atoms with Gasteiger partial charge in [0, 0.05) is 12.1 Å². The summed E-state index contributed by atoms with van der Waals surface area (Å²) in [4.78, 5) is 30.8. The molecule has 2 aromatic carbocycles. The van der Waals surface area contributed by atoms with Crippen molar-refractivity contribution in [2.75, 3.05) is 33.3 Å². The fourth-order valence-corrected chi connectivity index (χ4v) is 4.99. The maximum absolute atomic E-state index is 13.3. The Labute approximate surface area is 228 Å². The van der Waals surface area contributed by atoms with Crippen LogP contribution in [0.15, 0.2) is 54.1 Å². The summed E-state index contributed by atoms with van der Waals surface area (Å²) in [6.07, 6.45) is 5.37. The van der Waals surface area contributed by atoms with Crippen LogP contribution >= 0.6 is 0 Å². The number of carbonyl (C=O) groups excluding carboxylic acids is 2. The number of aliphatic hydroxyl groups excluding tert-OH is 1. The van der Waals surface area contributed by atoms with Gasteiger partial charge < -0.3 is 19.6 Å². The van der Waals surface area contributed by atoms with Gasteiger partial charge in [-0.2, -0.15) is 0 Å². The average Bonchev–Trinajstić information content (AvgIpc) is 3.18. The number of benzene rings is 2. The molecule has 206 valence electrons. The fraction of sp³-hybridized carbons (Fsp3) is 0.500. The summed E-state index contributed by atoms with van der Waals surface area (Å²) in [5.74, 6) is -0.318. The summed E-state index contributed by atoms with van der Waals surface area (Å²) in [5, 5.41) is 11.3. The first kappa shape index (κ1) is 29.4. The van der Waals surface area contributed by atoms with E-state index in [0.717, 1.165) is 57.3 Å². The van der Waals surface area contributed by atoms with Crippen molar-refractivity contribution in [2.45, 2.75) is 71.8 Å². The number of ether oxygens (including phenoxy) is 1. The Bertz CT molecular complexity index is 1080. The van der Waals surface area contributed by atoms with Crippen molar-refractivity contribution < 1.29 is 19.4 Å². The molecule has 6 nitrogen and oxygen atoms in total. The predicted octanol–water partition coefficient (Wildman–Crippen LogP) is 6.53. The molecule has 0 radical (unpaired) electrons. The van der Waals surface area contributed by atoms with Gasteiger partial charge in [0.05, 0.1) is 18.7 Å². The van der Waals surface area contributed by atoms with E-state index in [4.69, 9.17) is 4.74 Å². The van der Waals surface area contributed by atoms with Gasteiger partial charge >= 0.3 is 0 Å². The molecule has 1 aliphatic heterocycles. The van der Waals surface area contributed by atoms with E-state index >= 15 is 0 Å². The number of amides is 1. The molecule has 2 aromatic rings. The lowest BCUT2D eigenvalue weighted by atomic mass is 9.93. The van der Waals surface area contributed by atoms with Crippen LogP contribution in [-0.2, 0) is 9.59 Å². The van der Waals surface area contributed by atoms with Crippen molar-refractivity contribution in [1.82, 2.24) is 9.80 Å². The van der Waals surface area contributed by atoms with Crippen LogP contribution in [-0.4, -0.2) is 59.9 Å². The van der Waals surface area contributed by atoms with Crippen molar-refractivity contribution in [1.29, 1.82) is 0 Å². The maximum Gasteiger partial charge on any atom is 0.295 e. The van der Waals surface area contributed by atoms with E-state index in [1.165, 1.54) is 5.56 Å². The number of nitrogens with zero attached hydrogens (tertiary/aromatic N) is 2. The minimum Gasteiger partial charge on any atom is -0.507 e. The monoisotopic (exact) mass is 520 g/mol. The lowest BCUT2D eigenvalue weighted by Crippen LogP contribution is -2.34. The first-order valence-electron chi connectivity index (χ1n) is 14.1. The summed E-state index contributed by atoms with van der Waals surface area (Å²) in [5.41, 5.74) is 2.64. The average molecular weight is 521 g/mol. The zero-order valence-corrected chi connectivity index (χ0v) is 23.7. The molecule has 0 unspecified atom stereocenters. The molecule has 0 saturated carbocycles. The highest BCUT2D eigenvalue weighted by atomic mass is 16.5. The third-order valence-electron chi connectivity index (χ3n) is 7.35. The number of Topliss-reactive ketones (excluding diaryl/α,β-unsaturated/α-hetero) is 1. The molecule has 1 heterocycles. The maximum atomic E-state index is 13.3. The SMILES string of the molecule is CCCCN(CCCC)CCCN1C(=O)C(=O)C(=C(O)c2ccc(OC)cc2)[C@@H]1c1ccc(C(C)C)cc1. The smallest absolute Gasteiger partial charge is 0.295 e. The largest absolute Gasteiger partial charge is 0.507 e. The summed E-state index contributed by atoms with van der Waals surface area (Å²) >= 11 is 0. The van der Waals surface area contributed by atoms with Gasteiger partial charge in [0.25, 0.3) is 11.7 Å². The van der Waals surface area contributed by atoms with Gasteiger partial charge in [-0.15, -0.1) is 0 Å². The number of aliphatic hydroxyl groups is 1. The van der Waals surface area contributed by atoms with E-state index in [0.29, 0.717) is 23.8 Å². The number of hydrogen-bond acceptors (Lipinski definition) is 5. The molecule has 1 aliphatic rings. The summed E-state index contributed by atoms with van der Waals surface area (Å²) < 4.78 is 5.23. The Morgan fingerprint density at radius 2 is 1.50 bits per heavy atom. The topological polar surface area (TPSA) is 70.1 Å². The van der Waals surface area contributed by atoms with Crippen LogP contribution in [0.2, 0.25) is 0 Å². The zero-order chi connectivity index (χ0) is 27.7. The van der Waals surface area contributed by atoms with Crippen molar-refractivity contribution in [2.24, 2.45) is 0 Å². The van der Waals surface area contributed by atoms with Crippen LogP contribution in [0.5, 0.6) is 5.75 Å². The molecular weight excluding hydrogens is 476 g/mol. The third kappa shape index (κ3) is 7.04. The van der Waals surface area contributed by atoms with E-state index in [9.17, 15) is 14.7 Å². The normalized spacial score (nSPS) is 17.1. The van der Waals surface area contributed by atoms with E-state index < -0.39 is 17.7 Å². The first-order chi connectivity index (χ1) is 18.3. The molecule has 1 atom stereocenters. The number of hydrogen-bond donors (Lipinski definition) is 1.